The molecule has 1 saturated heterocycles. The number of carbonyl (C=O) groups is 3. The van der Waals surface area contributed by atoms with E-state index in [1.165, 1.54) is 0 Å². The van der Waals surface area contributed by atoms with Gasteiger partial charge in [0, 0.05) is 29.7 Å². The number of fused-ring (bicyclic) bond motifs is 1. The summed E-state index contributed by atoms with van der Waals surface area (Å²) in [7, 11) is 1.93. The van der Waals surface area contributed by atoms with E-state index in [-0.39, 0.29) is 12.6 Å². The monoisotopic (exact) mass is 372 g/mol. The summed E-state index contributed by atoms with van der Waals surface area (Å²) >= 11 is 0.843. The van der Waals surface area contributed by atoms with Gasteiger partial charge in [0.1, 0.15) is 6.54 Å². The molecule has 136 valence electrons. The molecule has 0 aliphatic carbocycles. The molecule has 0 spiro atoms. The van der Waals surface area contributed by atoms with E-state index in [1.807, 2.05) is 49.0 Å². The van der Waals surface area contributed by atoms with Gasteiger partial charge >= 0.3 is 5.97 Å². The Bertz CT molecular complexity index is 915. The molecule has 6 nitrogen and oxygen atoms in total. The quantitative estimate of drug-likeness (QED) is 0.593. The average molecular weight is 372 g/mol. The highest BCUT2D eigenvalue weighted by molar-refractivity contribution is 8.18. The standard InChI is InChI=1S/C19H20N2O4S/c1-4-12(2)25-17(22)11-21-18(23)16(26-19(21)24)9-13-10-20(3)15-8-6-5-7-14(13)15/h5-10,12H,4,11H2,1-3H3/b16-9+/t12-/m1/s1. The van der Waals surface area contributed by atoms with Crippen LogP contribution in [0.25, 0.3) is 17.0 Å². The van der Waals surface area contributed by atoms with Gasteiger partial charge < -0.3 is 9.30 Å². The van der Waals surface area contributed by atoms with Gasteiger partial charge in [-0.05, 0) is 37.2 Å². The topological polar surface area (TPSA) is 68.6 Å². The van der Waals surface area contributed by atoms with Gasteiger partial charge in [-0.25, -0.2) is 0 Å². The number of hydrogen-bond donors (Lipinski definition) is 0. The number of hydrogen-bond acceptors (Lipinski definition) is 5. The van der Waals surface area contributed by atoms with Crippen molar-refractivity contribution in [2.24, 2.45) is 7.05 Å². The maximum Gasteiger partial charge on any atom is 0.326 e. The molecule has 0 radical (unpaired) electrons. The van der Waals surface area contributed by atoms with Crippen LogP contribution in [0.5, 0.6) is 0 Å². The lowest BCUT2D eigenvalue weighted by Crippen LogP contribution is -2.35. The fourth-order valence-corrected chi connectivity index (χ4v) is 3.57. The van der Waals surface area contributed by atoms with E-state index in [0.717, 1.165) is 33.1 Å². The molecule has 3 rings (SSSR count). The lowest BCUT2D eigenvalue weighted by Gasteiger charge is -2.14. The molecule has 0 unspecified atom stereocenters. The second-order valence-corrected chi connectivity index (χ2v) is 7.18. The summed E-state index contributed by atoms with van der Waals surface area (Å²) < 4.78 is 7.12. The smallest absolute Gasteiger partial charge is 0.326 e. The molecule has 1 aromatic carbocycles. The molecule has 1 aliphatic rings. The van der Waals surface area contributed by atoms with Gasteiger partial charge in [-0.2, -0.15) is 0 Å². The maximum atomic E-state index is 12.6. The van der Waals surface area contributed by atoms with Crippen molar-refractivity contribution in [2.75, 3.05) is 6.54 Å². The van der Waals surface area contributed by atoms with Crippen molar-refractivity contribution < 1.29 is 19.1 Å². The van der Waals surface area contributed by atoms with Crippen molar-refractivity contribution in [1.82, 2.24) is 9.47 Å². The molecule has 1 fully saturated rings. The molecule has 26 heavy (non-hydrogen) atoms. The van der Waals surface area contributed by atoms with Gasteiger partial charge in [-0.1, -0.05) is 25.1 Å². The number of thioether (sulfide) groups is 1. The number of rotatable bonds is 5. The fraction of sp³-hybridized carbons (Fsp3) is 0.316. The van der Waals surface area contributed by atoms with Gasteiger partial charge in [0.15, 0.2) is 0 Å². The van der Waals surface area contributed by atoms with E-state index >= 15 is 0 Å². The van der Waals surface area contributed by atoms with Crippen LogP contribution in [0, 0.1) is 0 Å². The highest BCUT2D eigenvalue weighted by atomic mass is 32.2. The largest absolute Gasteiger partial charge is 0.461 e. The zero-order valence-electron chi connectivity index (χ0n) is 14.9. The SMILES string of the molecule is CC[C@@H](C)OC(=O)CN1C(=O)S/C(=C/c2cn(C)c3ccccc23)C1=O. The number of aromatic nitrogens is 1. The molecular weight excluding hydrogens is 352 g/mol. The van der Waals surface area contributed by atoms with Crippen LogP contribution in [-0.4, -0.2) is 39.2 Å². The van der Waals surface area contributed by atoms with E-state index < -0.39 is 17.1 Å². The molecule has 1 atom stereocenters. The van der Waals surface area contributed by atoms with E-state index in [1.54, 1.807) is 13.0 Å². The molecular formula is C19H20N2O4S. The summed E-state index contributed by atoms with van der Waals surface area (Å²) in [6.07, 6.45) is 4.05. The summed E-state index contributed by atoms with van der Waals surface area (Å²) in [5.41, 5.74) is 1.89. The molecule has 0 N–H and O–H groups in total. The minimum atomic E-state index is -0.576. The Hall–Kier alpha value is -2.54. The number of carbonyl (C=O) groups excluding carboxylic acids is 3. The van der Waals surface area contributed by atoms with Crippen molar-refractivity contribution in [3.63, 3.8) is 0 Å². The van der Waals surface area contributed by atoms with Crippen molar-refractivity contribution in [3.05, 3.63) is 40.9 Å². The Morgan fingerprint density at radius 1 is 1.31 bits per heavy atom. The van der Waals surface area contributed by atoms with Crippen LogP contribution in [0.1, 0.15) is 25.8 Å². The number of para-hydroxylation sites is 1. The van der Waals surface area contributed by atoms with Crippen molar-refractivity contribution in [1.29, 1.82) is 0 Å². The zero-order chi connectivity index (χ0) is 18.8. The molecule has 2 aromatic rings. The van der Waals surface area contributed by atoms with E-state index in [0.29, 0.717) is 11.3 Å². The molecule has 0 saturated carbocycles. The number of esters is 1. The van der Waals surface area contributed by atoms with Gasteiger partial charge in [0.05, 0.1) is 11.0 Å². The average Bonchev–Trinajstić information content (AvgIpc) is 3.07. The molecule has 0 bridgehead atoms. The number of aryl methyl sites for hydroxylation is 1. The zero-order valence-corrected chi connectivity index (χ0v) is 15.7. The minimum Gasteiger partial charge on any atom is -0.461 e. The fourth-order valence-electron chi connectivity index (χ4n) is 2.74. The highest BCUT2D eigenvalue weighted by Crippen LogP contribution is 2.33. The maximum absolute atomic E-state index is 12.6. The first-order valence-corrected chi connectivity index (χ1v) is 9.21. The number of ether oxygens (including phenoxy) is 1. The van der Waals surface area contributed by atoms with Crippen LogP contribution in [0.4, 0.5) is 4.79 Å². The van der Waals surface area contributed by atoms with Gasteiger partial charge in [-0.3, -0.25) is 19.3 Å². The lowest BCUT2D eigenvalue weighted by molar-refractivity contribution is -0.150. The minimum absolute atomic E-state index is 0.242. The Labute approximate surface area is 155 Å². The van der Waals surface area contributed by atoms with Gasteiger partial charge in [-0.15, -0.1) is 0 Å². The predicted molar refractivity (Wildman–Crippen MR) is 101 cm³/mol. The first-order valence-electron chi connectivity index (χ1n) is 8.39. The highest BCUT2D eigenvalue weighted by Gasteiger charge is 2.37. The van der Waals surface area contributed by atoms with Crippen molar-refractivity contribution in [2.45, 2.75) is 26.4 Å². The van der Waals surface area contributed by atoms with Gasteiger partial charge in [0.2, 0.25) is 0 Å². The molecule has 1 aliphatic heterocycles. The summed E-state index contributed by atoms with van der Waals surface area (Å²) in [6.45, 7) is 3.30. The van der Waals surface area contributed by atoms with E-state index in [2.05, 4.69) is 0 Å². The normalized spacial score (nSPS) is 17.3. The number of nitrogens with zero attached hydrogens (tertiary/aromatic N) is 2. The van der Waals surface area contributed by atoms with Crippen LogP contribution in [0.2, 0.25) is 0 Å². The third-order valence-electron chi connectivity index (χ3n) is 4.28. The second-order valence-electron chi connectivity index (χ2n) is 6.19. The van der Waals surface area contributed by atoms with Crippen LogP contribution < -0.4 is 0 Å². The van der Waals surface area contributed by atoms with E-state index in [9.17, 15) is 14.4 Å². The van der Waals surface area contributed by atoms with Crippen LogP contribution >= 0.6 is 11.8 Å². The van der Waals surface area contributed by atoms with Crippen LogP contribution in [-0.2, 0) is 21.4 Å². The van der Waals surface area contributed by atoms with Crippen LogP contribution in [0.15, 0.2) is 35.4 Å². The Kier molecular flexibility index (Phi) is 5.18. The van der Waals surface area contributed by atoms with Crippen molar-refractivity contribution >= 4 is 45.9 Å². The van der Waals surface area contributed by atoms with E-state index in [4.69, 9.17) is 4.74 Å². The summed E-state index contributed by atoms with van der Waals surface area (Å²) in [5.74, 6) is -1.04. The van der Waals surface area contributed by atoms with Crippen molar-refractivity contribution in [3.8, 4) is 0 Å². The summed E-state index contributed by atoms with van der Waals surface area (Å²) in [4.78, 5) is 37.9. The first kappa shape index (κ1) is 18.3. The molecule has 7 heteroatoms. The summed E-state index contributed by atoms with van der Waals surface area (Å²) in [5, 5.41) is 0.542. The lowest BCUT2D eigenvalue weighted by atomic mass is 10.1. The predicted octanol–water partition coefficient (Wildman–Crippen LogP) is 3.56. The Morgan fingerprint density at radius 3 is 2.77 bits per heavy atom. The third kappa shape index (κ3) is 3.53. The second kappa shape index (κ2) is 7.37. The first-order chi connectivity index (χ1) is 12.4. The Balaban J connectivity index is 1.82. The number of imide groups is 1. The molecule has 2 heterocycles. The number of amides is 2. The van der Waals surface area contributed by atoms with Crippen LogP contribution in [0.3, 0.4) is 0 Å². The van der Waals surface area contributed by atoms with Gasteiger partial charge in [0.25, 0.3) is 11.1 Å². The Morgan fingerprint density at radius 2 is 2.04 bits per heavy atom. The molecule has 2 amide bonds. The summed E-state index contributed by atoms with van der Waals surface area (Å²) in [6, 6.07) is 7.83. The third-order valence-corrected chi connectivity index (χ3v) is 5.19. The number of benzene rings is 1. The molecule has 1 aromatic heterocycles.